The predicted octanol–water partition coefficient (Wildman–Crippen LogP) is 4.80. The van der Waals surface area contributed by atoms with Crippen LogP contribution >= 0.6 is 22.9 Å². The molecule has 2 rings (SSSR count). The summed E-state index contributed by atoms with van der Waals surface area (Å²) in [6.45, 7) is 9.10. The Bertz CT molecular complexity index is 612. The fourth-order valence-electron chi connectivity index (χ4n) is 2.02. The second-order valence-corrected chi connectivity index (χ2v) is 6.77. The standard InChI is InChI=1S/C15H21ClN4S/c1-5-8-17-14-9(2)15(20-11(4)19-14)18-10(3)12-6-7-13(16)21-12/h6-7,10H,5,8H2,1-4H3,(H2,17,18,19,20). The molecule has 0 aliphatic carbocycles. The van der Waals surface area contributed by atoms with Gasteiger partial charge < -0.3 is 10.6 Å². The number of nitrogens with zero attached hydrogens (tertiary/aromatic N) is 2. The molecule has 4 nitrogen and oxygen atoms in total. The zero-order valence-electron chi connectivity index (χ0n) is 12.8. The first-order valence-electron chi connectivity index (χ1n) is 7.12. The average Bonchev–Trinajstić information content (AvgIpc) is 2.87. The molecule has 1 atom stereocenters. The highest BCUT2D eigenvalue weighted by molar-refractivity contribution is 7.16. The summed E-state index contributed by atoms with van der Waals surface area (Å²) in [6.07, 6.45) is 1.06. The Balaban J connectivity index is 2.20. The van der Waals surface area contributed by atoms with Gasteiger partial charge in [0.05, 0.1) is 10.4 Å². The molecule has 114 valence electrons. The molecule has 2 N–H and O–H groups in total. The van der Waals surface area contributed by atoms with Crippen LogP contribution in [-0.2, 0) is 0 Å². The molecule has 1 unspecified atom stereocenters. The molecule has 0 saturated carbocycles. The van der Waals surface area contributed by atoms with Gasteiger partial charge in [0.25, 0.3) is 0 Å². The van der Waals surface area contributed by atoms with Gasteiger partial charge in [-0.25, -0.2) is 9.97 Å². The van der Waals surface area contributed by atoms with Gasteiger partial charge in [0.2, 0.25) is 0 Å². The third kappa shape index (κ3) is 4.08. The van der Waals surface area contributed by atoms with Crippen LogP contribution in [0.2, 0.25) is 4.34 Å². The highest BCUT2D eigenvalue weighted by atomic mass is 35.5. The van der Waals surface area contributed by atoms with Crippen LogP contribution in [0, 0.1) is 13.8 Å². The van der Waals surface area contributed by atoms with Gasteiger partial charge in [0.1, 0.15) is 17.5 Å². The zero-order chi connectivity index (χ0) is 15.4. The van der Waals surface area contributed by atoms with E-state index in [1.54, 1.807) is 11.3 Å². The van der Waals surface area contributed by atoms with Crippen molar-refractivity contribution in [3.63, 3.8) is 0 Å². The molecular formula is C15H21ClN4S. The molecule has 2 aromatic rings. The van der Waals surface area contributed by atoms with E-state index in [0.717, 1.165) is 40.3 Å². The van der Waals surface area contributed by atoms with Crippen molar-refractivity contribution >= 4 is 34.6 Å². The highest BCUT2D eigenvalue weighted by Gasteiger charge is 2.13. The van der Waals surface area contributed by atoms with Gasteiger partial charge in [-0.1, -0.05) is 18.5 Å². The number of aryl methyl sites for hydroxylation is 1. The lowest BCUT2D eigenvalue weighted by atomic mass is 10.2. The molecule has 0 bridgehead atoms. The van der Waals surface area contributed by atoms with Gasteiger partial charge in [-0.2, -0.15) is 0 Å². The van der Waals surface area contributed by atoms with Gasteiger partial charge in [-0.3, -0.25) is 0 Å². The second-order valence-electron chi connectivity index (χ2n) is 5.03. The molecule has 0 aromatic carbocycles. The summed E-state index contributed by atoms with van der Waals surface area (Å²) in [5.41, 5.74) is 1.04. The van der Waals surface area contributed by atoms with Crippen molar-refractivity contribution < 1.29 is 0 Å². The molecule has 0 aliphatic rings. The van der Waals surface area contributed by atoms with Gasteiger partial charge in [0.15, 0.2) is 0 Å². The van der Waals surface area contributed by atoms with E-state index in [1.807, 2.05) is 26.0 Å². The molecule has 6 heteroatoms. The van der Waals surface area contributed by atoms with Gasteiger partial charge in [-0.15, -0.1) is 11.3 Å². The molecular weight excluding hydrogens is 304 g/mol. The van der Waals surface area contributed by atoms with E-state index >= 15 is 0 Å². The minimum Gasteiger partial charge on any atom is -0.370 e. The van der Waals surface area contributed by atoms with Crippen molar-refractivity contribution in [2.45, 2.75) is 40.2 Å². The van der Waals surface area contributed by atoms with Crippen molar-refractivity contribution in [2.24, 2.45) is 0 Å². The van der Waals surface area contributed by atoms with E-state index in [9.17, 15) is 0 Å². The Morgan fingerprint density at radius 1 is 1.24 bits per heavy atom. The number of aromatic nitrogens is 2. The average molecular weight is 325 g/mol. The quantitative estimate of drug-likeness (QED) is 0.801. The number of anilines is 2. The summed E-state index contributed by atoms with van der Waals surface area (Å²) >= 11 is 7.59. The van der Waals surface area contributed by atoms with Gasteiger partial charge in [0, 0.05) is 17.0 Å². The van der Waals surface area contributed by atoms with Crippen LogP contribution in [-0.4, -0.2) is 16.5 Å². The van der Waals surface area contributed by atoms with Crippen LogP contribution in [0.5, 0.6) is 0 Å². The summed E-state index contributed by atoms with van der Waals surface area (Å²) < 4.78 is 0.805. The SMILES string of the molecule is CCCNc1nc(C)nc(NC(C)c2ccc(Cl)s2)c1C. The van der Waals surface area contributed by atoms with Crippen molar-refractivity contribution in [1.29, 1.82) is 0 Å². The molecule has 2 aromatic heterocycles. The molecule has 0 radical (unpaired) electrons. The molecule has 2 heterocycles. The van der Waals surface area contributed by atoms with E-state index in [1.165, 1.54) is 4.88 Å². The van der Waals surface area contributed by atoms with Crippen molar-refractivity contribution in [2.75, 3.05) is 17.2 Å². The maximum atomic E-state index is 6.00. The smallest absolute Gasteiger partial charge is 0.135 e. The molecule has 0 amide bonds. The fourth-order valence-corrected chi connectivity index (χ4v) is 3.09. The lowest BCUT2D eigenvalue weighted by Gasteiger charge is -2.17. The van der Waals surface area contributed by atoms with Crippen LogP contribution in [0.25, 0.3) is 0 Å². The minimum atomic E-state index is 0.162. The Morgan fingerprint density at radius 2 is 1.95 bits per heavy atom. The zero-order valence-corrected chi connectivity index (χ0v) is 14.4. The van der Waals surface area contributed by atoms with Crippen molar-refractivity contribution in [3.8, 4) is 0 Å². The minimum absolute atomic E-state index is 0.162. The van der Waals surface area contributed by atoms with Crippen LogP contribution in [0.4, 0.5) is 11.6 Å². The van der Waals surface area contributed by atoms with Crippen molar-refractivity contribution in [3.05, 3.63) is 32.7 Å². The fraction of sp³-hybridized carbons (Fsp3) is 0.467. The summed E-state index contributed by atoms with van der Waals surface area (Å²) in [7, 11) is 0. The molecule has 0 aliphatic heterocycles. The predicted molar refractivity (Wildman–Crippen MR) is 91.7 cm³/mol. The monoisotopic (exact) mass is 324 g/mol. The topological polar surface area (TPSA) is 49.8 Å². The number of halogens is 1. The normalized spacial score (nSPS) is 12.2. The lowest BCUT2D eigenvalue weighted by molar-refractivity contribution is 0.878. The Morgan fingerprint density at radius 3 is 2.57 bits per heavy atom. The highest BCUT2D eigenvalue weighted by Crippen LogP contribution is 2.30. The van der Waals surface area contributed by atoms with Crippen molar-refractivity contribution in [1.82, 2.24) is 9.97 Å². The van der Waals surface area contributed by atoms with Crippen LogP contribution in [0.1, 0.15) is 42.6 Å². The maximum absolute atomic E-state index is 6.00. The van der Waals surface area contributed by atoms with Crippen LogP contribution in [0.3, 0.4) is 0 Å². The van der Waals surface area contributed by atoms with E-state index in [2.05, 4.69) is 34.4 Å². The number of nitrogens with one attached hydrogen (secondary N) is 2. The number of rotatable bonds is 6. The second kappa shape index (κ2) is 7.09. The molecule has 21 heavy (non-hydrogen) atoms. The number of hydrogen-bond acceptors (Lipinski definition) is 5. The molecule has 0 spiro atoms. The summed E-state index contributed by atoms with van der Waals surface area (Å²) in [6, 6.07) is 4.13. The molecule has 0 saturated heterocycles. The summed E-state index contributed by atoms with van der Waals surface area (Å²) in [5, 5.41) is 6.81. The first-order valence-corrected chi connectivity index (χ1v) is 8.31. The Kier molecular flexibility index (Phi) is 5.42. The Hall–Kier alpha value is -1.33. The van der Waals surface area contributed by atoms with E-state index in [0.29, 0.717) is 0 Å². The maximum Gasteiger partial charge on any atom is 0.135 e. The number of hydrogen-bond donors (Lipinski definition) is 2. The lowest BCUT2D eigenvalue weighted by Crippen LogP contribution is -2.12. The first-order chi connectivity index (χ1) is 10.0. The third-order valence-electron chi connectivity index (χ3n) is 3.17. The summed E-state index contributed by atoms with van der Waals surface area (Å²) in [5.74, 6) is 2.54. The van der Waals surface area contributed by atoms with Gasteiger partial charge >= 0.3 is 0 Å². The van der Waals surface area contributed by atoms with E-state index < -0.39 is 0 Å². The van der Waals surface area contributed by atoms with E-state index in [4.69, 9.17) is 11.6 Å². The third-order valence-corrected chi connectivity index (χ3v) is 4.59. The largest absolute Gasteiger partial charge is 0.370 e. The molecule has 0 fully saturated rings. The number of thiophene rings is 1. The Labute approximate surface area is 135 Å². The first kappa shape index (κ1) is 16.0. The summed E-state index contributed by atoms with van der Waals surface area (Å²) in [4.78, 5) is 10.2. The van der Waals surface area contributed by atoms with Crippen LogP contribution in [0.15, 0.2) is 12.1 Å². The van der Waals surface area contributed by atoms with Crippen LogP contribution < -0.4 is 10.6 Å². The van der Waals surface area contributed by atoms with Gasteiger partial charge in [-0.05, 0) is 39.3 Å². The van der Waals surface area contributed by atoms with E-state index in [-0.39, 0.29) is 6.04 Å².